The number of fused-ring (bicyclic) bond motifs is 3. The molecule has 4 rings (SSSR count). The first-order valence-corrected chi connectivity index (χ1v) is 7.91. The van der Waals surface area contributed by atoms with Crippen LogP contribution >= 0.6 is 0 Å². The number of nitrogens with one attached hydrogen (secondary N) is 2. The lowest BCUT2D eigenvalue weighted by Crippen LogP contribution is -2.24. The summed E-state index contributed by atoms with van der Waals surface area (Å²) in [5.74, 6) is -0.0905. The summed E-state index contributed by atoms with van der Waals surface area (Å²) in [7, 11) is 1.53. The Bertz CT molecular complexity index is 997. The van der Waals surface area contributed by atoms with E-state index in [-0.39, 0.29) is 17.4 Å². The molecule has 25 heavy (non-hydrogen) atoms. The first-order chi connectivity index (χ1) is 12.1. The molecule has 3 aromatic rings. The number of aromatic nitrogens is 1. The number of hydrogen-bond acceptors (Lipinski definition) is 5. The molecule has 3 N–H and O–H groups in total. The molecule has 0 unspecified atom stereocenters. The first-order valence-electron chi connectivity index (χ1n) is 7.91. The molecule has 1 aliphatic heterocycles. The zero-order chi connectivity index (χ0) is 17.6. The Morgan fingerprint density at radius 2 is 2.08 bits per heavy atom. The molecular weight excluding hydrogens is 325 g/mol. The predicted octanol–water partition coefficient (Wildman–Crippen LogP) is 3.73. The van der Waals surface area contributed by atoms with Gasteiger partial charge in [-0.15, -0.1) is 4.91 Å². The number of aromatic amines is 1. The van der Waals surface area contributed by atoms with E-state index in [1.807, 2.05) is 0 Å². The van der Waals surface area contributed by atoms with E-state index >= 15 is 0 Å². The standard InChI is InChI=1S/C18H16FN3O3/c1-25-15-3-2-9(19)6-12(15)11-7-13-16(21-18(23)17(13)22-24)14-8-20-5-4-10(11)14/h2-3,6-7,20-21,23H,4-5,8H2,1H3. The Morgan fingerprint density at radius 3 is 2.84 bits per heavy atom. The summed E-state index contributed by atoms with van der Waals surface area (Å²) in [6, 6.07) is 6.11. The second-order valence-corrected chi connectivity index (χ2v) is 5.99. The van der Waals surface area contributed by atoms with Gasteiger partial charge in [-0.25, -0.2) is 4.39 Å². The largest absolute Gasteiger partial charge is 0.496 e. The molecule has 0 atom stereocenters. The molecule has 0 bridgehead atoms. The summed E-state index contributed by atoms with van der Waals surface area (Å²) in [5.41, 5.74) is 4.00. The van der Waals surface area contributed by atoms with Gasteiger partial charge in [0.05, 0.1) is 12.6 Å². The number of benzene rings is 2. The monoisotopic (exact) mass is 341 g/mol. The highest BCUT2D eigenvalue weighted by molar-refractivity contribution is 6.00. The normalized spacial score (nSPS) is 13.7. The number of ether oxygens (including phenoxy) is 1. The molecule has 0 saturated heterocycles. The Labute approximate surface area is 142 Å². The molecule has 7 heteroatoms. The number of hydrogen-bond donors (Lipinski definition) is 3. The average Bonchev–Trinajstić information content (AvgIpc) is 2.96. The number of rotatable bonds is 3. The van der Waals surface area contributed by atoms with Crippen molar-refractivity contribution in [3.05, 3.63) is 46.1 Å². The van der Waals surface area contributed by atoms with Crippen LogP contribution in [0.25, 0.3) is 22.0 Å². The van der Waals surface area contributed by atoms with Crippen molar-refractivity contribution in [2.75, 3.05) is 13.7 Å². The van der Waals surface area contributed by atoms with Crippen LogP contribution in [0, 0.1) is 10.7 Å². The third-order valence-electron chi connectivity index (χ3n) is 4.67. The maximum atomic E-state index is 13.9. The SMILES string of the molecule is COc1ccc(F)cc1-c1cc2c(N=O)c(O)[nH]c2c2c1CCNC2. The van der Waals surface area contributed by atoms with Gasteiger partial charge in [0.25, 0.3) is 0 Å². The average molecular weight is 341 g/mol. The summed E-state index contributed by atoms with van der Waals surface area (Å²) in [6.07, 6.45) is 0.740. The van der Waals surface area contributed by atoms with E-state index in [9.17, 15) is 14.4 Å². The fourth-order valence-corrected chi connectivity index (χ4v) is 3.55. The van der Waals surface area contributed by atoms with Crippen LogP contribution in [0.5, 0.6) is 11.6 Å². The number of halogens is 1. The third kappa shape index (κ3) is 2.35. The van der Waals surface area contributed by atoms with Gasteiger partial charge >= 0.3 is 0 Å². The number of nitrogens with zero attached hydrogens (tertiary/aromatic N) is 1. The third-order valence-corrected chi connectivity index (χ3v) is 4.67. The summed E-state index contributed by atoms with van der Waals surface area (Å²) in [5, 5.41) is 16.7. The summed E-state index contributed by atoms with van der Waals surface area (Å²) in [4.78, 5) is 14.0. The molecular formula is C18H16FN3O3. The Kier molecular flexibility index (Phi) is 3.65. The topological polar surface area (TPSA) is 86.7 Å². The second kappa shape index (κ2) is 5.86. The van der Waals surface area contributed by atoms with E-state index in [4.69, 9.17) is 4.74 Å². The lowest BCUT2D eigenvalue weighted by atomic mass is 9.89. The lowest BCUT2D eigenvalue weighted by molar-refractivity contribution is 0.415. The van der Waals surface area contributed by atoms with Gasteiger partial charge in [-0.3, -0.25) is 0 Å². The Balaban J connectivity index is 2.10. The fourth-order valence-electron chi connectivity index (χ4n) is 3.55. The molecule has 128 valence electrons. The minimum Gasteiger partial charge on any atom is -0.496 e. The van der Waals surface area contributed by atoms with Crippen LogP contribution in [-0.2, 0) is 13.0 Å². The minimum atomic E-state index is -0.371. The van der Waals surface area contributed by atoms with E-state index < -0.39 is 0 Å². The molecule has 1 aliphatic rings. The number of methoxy groups -OCH3 is 1. The number of nitroso groups, excluding NO2 is 1. The molecule has 0 radical (unpaired) electrons. The summed E-state index contributed by atoms with van der Waals surface area (Å²) in [6.45, 7) is 1.37. The predicted molar refractivity (Wildman–Crippen MR) is 92.8 cm³/mol. The van der Waals surface area contributed by atoms with E-state index in [0.717, 1.165) is 29.7 Å². The van der Waals surface area contributed by atoms with Crippen LogP contribution in [0.4, 0.5) is 10.1 Å². The maximum Gasteiger partial charge on any atom is 0.219 e. The smallest absolute Gasteiger partial charge is 0.219 e. The second-order valence-electron chi connectivity index (χ2n) is 5.99. The van der Waals surface area contributed by atoms with Crippen LogP contribution in [0.2, 0.25) is 0 Å². The molecule has 0 aliphatic carbocycles. The van der Waals surface area contributed by atoms with Gasteiger partial charge in [0.2, 0.25) is 5.88 Å². The van der Waals surface area contributed by atoms with Crippen LogP contribution < -0.4 is 10.1 Å². The van der Waals surface area contributed by atoms with Crippen molar-refractivity contribution >= 4 is 16.6 Å². The Hall–Kier alpha value is -2.93. The minimum absolute atomic E-state index is 0.0417. The fraction of sp³-hybridized carbons (Fsp3) is 0.222. The van der Waals surface area contributed by atoms with Crippen molar-refractivity contribution in [2.24, 2.45) is 5.18 Å². The van der Waals surface area contributed by atoms with Crippen molar-refractivity contribution in [3.8, 4) is 22.8 Å². The summed E-state index contributed by atoms with van der Waals surface area (Å²) >= 11 is 0. The number of aromatic hydroxyl groups is 1. The highest BCUT2D eigenvalue weighted by Gasteiger charge is 2.24. The molecule has 0 saturated carbocycles. The molecule has 0 fully saturated rings. The van der Waals surface area contributed by atoms with E-state index in [1.54, 1.807) is 12.1 Å². The van der Waals surface area contributed by atoms with E-state index in [0.29, 0.717) is 28.8 Å². The van der Waals surface area contributed by atoms with Gasteiger partial charge in [0.1, 0.15) is 11.6 Å². The van der Waals surface area contributed by atoms with Crippen molar-refractivity contribution in [2.45, 2.75) is 13.0 Å². The van der Waals surface area contributed by atoms with Crippen molar-refractivity contribution in [1.29, 1.82) is 0 Å². The van der Waals surface area contributed by atoms with Crippen LogP contribution in [0.3, 0.4) is 0 Å². The first kappa shape index (κ1) is 15.6. The van der Waals surface area contributed by atoms with Gasteiger partial charge in [-0.2, -0.15) is 0 Å². The maximum absolute atomic E-state index is 13.9. The van der Waals surface area contributed by atoms with Crippen LogP contribution in [-0.4, -0.2) is 23.7 Å². The zero-order valence-corrected chi connectivity index (χ0v) is 13.5. The van der Waals surface area contributed by atoms with Gasteiger partial charge in [-0.05, 0) is 59.1 Å². The summed E-state index contributed by atoms with van der Waals surface area (Å²) < 4.78 is 19.3. The molecule has 6 nitrogen and oxygen atoms in total. The number of H-pyrrole nitrogens is 1. The van der Waals surface area contributed by atoms with Gasteiger partial charge in [0.15, 0.2) is 5.69 Å². The molecule has 0 amide bonds. The molecule has 2 heterocycles. The van der Waals surface area contributed by atoms with E-state index in [1.165, 1.54) is 19.2 Å². The zero-order valence-electron chi connectivity index (χ0n) is 13.5. The van der Waals surface area contributed by atoms with Gasteiger partial charge < -0.3 is 20.1 Å². The van der Waals surface area contributed by atoms with Gasteiger partial charge in [-0.1, -0.05) is 0 Å². The van der Waals surface area contributed by atoms with Crippen LogP contribution in [0.1, 0.15) is 11.1 Å². The van der Waals surface area contributed by atoms with Crippen molar-refractivity contribution < 1.29 is 14.2 Å². The highest BCUT2D eigenvalue weighted by Crippen LogP contribution is 2.44. The quantitative estimate of drug-likeness (QED) is 0.634. The molecule has 0 spiro atoms. The highest BCUT2D eigenvalue weighted by atomic mass is 19.1. The molecule has 2 aromatic carbocycles. The van der Waals surface area contributed by atoms with Crippen molar-refractivity contribution in [1.82, 2.24) is 10.3 Å². The Morgan fingerprint density at radius 1 is 1.24 bits per heavy atom. The van der Waals surface area contributed by atoms with Crippen molar-refractivity contribution in [3.63, 3.8) is 0 Å². The van der Waals surface area contributed by atoms with Crippen LogP contribution in [0.15, 0.2) is 29.4 Å². The lowest BCUT2D eigenvalue weighted by Gasteiger charge is -2.22. The molecule has 1 aromatic heterocycles. The van der Waals surface area contributed by atoms with E-state index in [2.05, 4.69) is 15.5 Å². The van der Waals surface area contributed by atoms with Gasteiger partial charge in [0, 0.05) is 17.5 Å².